The lowest BCUT2D eigenvalue weighted by Gasteiger charge is -2.20. The van der Waals surface area contributed by atoms with Crippen LogP contribution in [-0.4, -0.2) is 36.9 Å². The number of rotatable bonds is 7. The SMILES string of the molecule is CN(C)C(O)COc1ccccc1CCc1ccccc1. The average Bonchev–Trinajstić information content (AvgIpc) is 2.52. The number of aliphatic hydroxyl groups is 1. The first-order chi connectivity index (χ1) is 10.2. The fourth-order valence-electron chi connectivity index (χ4n) is 2.09. The first-order valence-electron chi connectivity index (χ1n) is 7.26. The molecule has 1 unspecified atom stereocenters. The largest absolute Gasteiger partial charge is 0.489 e. The number of hydrogen-bond donors (Lipinski definition) is 1. The zero-order chi connectivity index (χ0) is 15.1. The predicted molar refractivity (Wildman–Crippen MR) is 85.5 cm³/mol. The van der Waals surface area contributed by atoms with Crippen LogP contribution in [0.5, 0.6) is 5.75 Å². The predicted octanol–water partition coefficient (Wildman–Crippen LogP) is 2.73. The van der Waals surface area contributed by atoms with Crippen molar-refractivity contribution in [3.63, 3.8) is 0 Å². The van der Waals surface area contributed by atoms with Crippen molar-refractivity contribution in [2.45, 2.75) is 19.1 Å². The zero-order valence-corrected chi connectivity index (χ0v) is 12.7. The molecule has 21 heavy (non-hydrogen) atoms. The molecule has 0 radical (unpaired) electrons. The molecular weight excluding hydrogens is 262 g/mol. The summed E-state index contributed by atoms with van der Waals surface area (Å²) in [7, 11) is 3.66. The Morgan fingerprint density at radius 1 is 0.952 bits per heavy atom. The van der Waals surface area contributed by atoms with Crippen LogP contribution >= 0.6 is 0 Å². The molecule has 2 aromatic rings. The quantitative estimate of drug-likeness (QED) is 0.794. The summed E-state index contributed by atoms with van der Waals surface area (Å²) in [4.78, 5) is 1.73. The van der Waals surface area contributed by atoms with E-state index in [1.807, 2.05) is 38.4 Å². The van der Waals surface area contributed by atoms with E-state index < -0.39 is 6.23 Å². The number of benzene rings is 2. The minimum absolute atomic E-state index is 0.273. The Kier molecular flexibility index (Phi) is 5.78. The van der Waals surface area contributed by atoms with Crippen LogP contribution in [0.25, 0.3) is 0 Å². The van der Waals surface area contributed by atoms with Crippen molar-refractivity contribution in [3.05, 3.63) is 65.7 Å². The number of nitrogens with zero attached hydrogens (tertiary/aromatic N) is 1. The van der Waals surface area contributed by atoms with Gasteiger partial charge in [0.15, 0.2) is 0 Å². The summed E-state index contributed by atoms with van der Waals surface area (Å²) in [5.74, 6) is 0.856. The molecule has 0 bridgehead atoms. The highest BCUT2D eigenvalue weighted by Crippen LogP contribution is 2.20. The number of ether oxygens (including phenoxy) is 1. The highest BCUT2D eigenvalue weighted by molar-refractivity contribution is 5.34. The van der Waals surface area contributed by atoms with Crippen molar-refractivity contribution in [2.75, 3.05) is 20.7 Å². The minimum atomic E-state index is -0.591. The molecule has 0 heterocycles. The van der Waals surface area contributed by atoms with E-state index in [0.717, 1.165) is 18.6 Å². The van der Waals surface area contributed by atoms with Crippen LogP contribution in [-0.2, 0) is 12.8 Å². The molecule has 112 valence electrons. The van der Waals surface area contributed by atoms with E-state index in [2.05, 4.69) is 30.3 Å². The summed E-state index contributed by atoms with van der Waals surface area (Å²) in [6.45, 7) is 0.273. The van der Waals surface area contributed by atoms with E-state index in [1.54, 1.807) is 4.90 Å². The van der Waals surface area contributed by atoms with Gasteiger partial charge in [-0.3, -0.25) is 4.90 Å². The summed E-state index contributed by atoms with van der Waals surface area (Å²) in [5, 5.41) is 9.79. The molecule has 0 saturated carbocycles. The number of para-hydroxylation sites is 1. The maximum absolute atomic E-state index is 9.79. The number of hydrogen-bond acceptors (Lipinski definition) is 3. The standard InChI is InChI=1S/C18H23NO2/c1-19(2)18(20)14-21-17-11-7-6-10-16(17)13-12-15-8-4-3-5-9-15/h3-11,18,20H,12-14H2,1-2H3. The van der Waals surface area contributed by atoms with Gasteiger partial charge in [0.2, 0.25) is 0 Å². The molecule has 0 amide bonds. The van der Waals surface area contributed by atoms with E-state index in [1.165, 1.54) is 11.1 Å². The maximum atomic E-state index is 9.79. The molecule has 0 spiro atoms. The lowest BCUT2D eigenvalue weighted by molar-refractivity contribution is 0.00164. The van der Waals surface area contributed by atoms with Gasteiger partial charge in [-0.25, -0.2) is 0 Å². The summed E-state index contributed by atoms with van der Waals surface area (Å²) < 4.78 is 5.76. The van der Waals surface area contributed by atoms with Crippen LogP contribution in [0.4, 0.5) is 0 Å². The zero-order valence-electron chi connectivity index (χ0n) is 12.7. The fraction of sp³-hybridized carbons (Fsp3) is 0.333. The van der Waals surface area contributed by atoms with Crippen LogP contribution in [0.1, 0.15) is 11.1 Å². The second kappa shape index (κ2) is 7.81. The molecule has 0 aliphatic rings. The summed E-state index contributed by atoms with van der Waals surface area (Å²) >= 11 is 0. The van der Waals surface area contributed by atoms with Crippen LogP contribution in [0, 0.1) is 0 Å². The minimum Gasteiger partial charge on any atom is -0.489 e. The lowest BCUT2D eigenvalue weighted by atomic mass is 10.0. The smallest absolute Gasteiger partial charge is 0.141 e. The maximum Gasteiger partial charge on any atom is 0.141 e. The average molecular weight is 285 g/mol. The van der Waals surface area contributed by atoms with Gasteiger partial charge in [-0.05, 0) is 44.1 Å². The molecule has 0 aromatic heterocycles. The van der Waals surface area contributed by atoms with Gasteiger partial charge >= 0.3 is 0 Å². The first-order valence-corrected chi connectivity index (χ1v) is 7.26. The molecular formula is C18H23NO2. The molecule has 2 aromatic carbocycles. The van der Waals surface area contributed by atoms with Gasteiger partial charge in [0, 0.05) is 0 Å². The van der Waals surface area contributed by atoms with E-state index >= 15 is 0 Å². The van der Waals surface area contributed by atoms with Gasteiger partial charge < -0.3 is 9.84 Å². The van der Waals surface area contributed by atoms with E-state index in [-0.39, 0.29) is 6.61 Å². The molecule has 3 heteroatoms. The van der Waals surface area contributed by atoms with Crippen molar-refractivity contribution in [2.24, 2.45) is 0 Å². The molecule has 1 atom stereocenters. The number of aryl methyl sites for hydroxylation is 2. The molecule has 0 aliphatic heterocycles. The normalized spacial score (nSPS) is 12.4. The second-order valence-corrected chi connectivity index (χ2v) is 5.35. The summed E-state index contributed by atoms with van der Waals surface area (Å²) in [6.07, 6.45) is 1.32. The van der Waals surface area contributed by atoms with Crippen LogP contribution in [0.15, 0.2) is 54.6 Å². The van der Waals surface area contributed by atoms with Crippen molar-refractivity contribution in [3.8, 4) is 5.75 Å². The third-order valence-corrected chi connectivity index (χ3v) is 3.48. The van der Waals surface area contributed by atoms with Crippen molar-refractivity contribution < 1.29 is 9.84 Å². The number of aliphatic hydroxyl groups excluding tert-OH is 1. The second-order valence-electron chi connectivity index (χ2n) is 5.35. The molecule has 0 fully saturated rings. The van der Waals surface area contributed by atoms with Crippen molar-refractivity contribution in [1.29, 1.82) is 0 Å². The van der Waals surface area contributed by atoms with E-state index in [9.17, 15) is 5.11 Å². The topological polar surface area (TPSA) is 32.7 Å². The van der Waals surface area contributed by atoms with Gasteiger partial charge in [-0.15, -0.1) is 0 Å². The highest BCUT2D eigenvalue weighted by atomic mass is 16.5. The van der Waals surface area contributed by atoms with Crippen LogP contribution in [0.2, 0.25) is 0 Å². The fourth-order valence-corrected chi connectivity index (χ4v) is 2.09. The Bertz CT molecular complexity index is 540. The molecule has 1 N–H and O–H groups in total. The monoisotopic (exact) mass is 285 g/mol. The first kappa shape index (κ1) is 15.5. The van der Waals surface area contributed by atoms with Crippen molar-refractivity contribution >= 4 is 0 Å². The molecule has 0 aliphatic carbocycles. The Balaban J connectivity index is 1.96. The Morgan fingerprint density at radius 2 is 1.62 bits per heavy atom. The highest BCUT2D eigenvalue weighted by Gasteiger charge is 2.09. The molecule has 0 saturated heterocycles. The Morgan fingerprint density at radius 3 is 2.33 bits per heavy atom. The van der Waals surface area contributed by atoms with Gasteiger partial charge in [-0.1, -0.05) is 48.5 Å². The third kappa shape index (κ3) is 4.88. The van der Waals surface area contributed by atoms with Crippen LogP contribution < -0.4 is 4.74 Å². The Hall–Kier alpha value is -1.84. The van der Waals surface area contributed by atoms with Gasteiger partial charge in [0.1, 0.15) is 18.6 Å². The van der Waals surface area contributed by atoms with Crippen molar-refractivity contribution in [1.82, 2.24) is 4.90 Å². The van der Waals surface area contributed by atoms with Crippen LogP contribution in [0.3, 0.4) is 0 Å². The van der Waals surface area contributed by atoms with Gasteiger partial charge in [-0.2, -0.15) is 0 Å². The Labute approximate surface area is 126 Å². The van der Waals surface area contributed by atoms with E-state index in [0.29, 0.717) is 0 Å². The summed E-state index contributed by atoms with van der Waals surface area (Å²) in [6, 6.07) is 18.5. The van der Waals surface area contributed by atoms with E-state index in [4.69, 9.17) is 4.74 Å². The molecule has 2 rings (SSSR count). The third-order valence-electron chi connectivity index (χ3n) is 3.48. The number of likely N-dealkylation sites (N-methyl/N-ethyl adjacent to an activating group) is 1. The van der Waals surface area contributed by atoms with Gasteiger partial charge in [0.25, 0.3) is 0 Å². The molecule has 3 nitrogen and oxygen atoms in total. The van der Waals surface area contributed by atoms with Gasteiger partial charge in [0.05, 0.1) is 0 Å². The summed E-state index contributed by atoms with van der Waals surface area (Å²) in [5.41, 5.74) is 2.49. The lowest BCUT2D eigenvalue weighted by Crippen LogP contribution is -2.33.